The van der Waals surface area contributed by atoms with Crippen molar-refractivity contribution >= 4 is 17.6 Å². The van der Waals surface area contributed by atoms with Gasteiger partial charge in [-0.2, -0.15) is 0 Å². The van der Waals surface area contributed by atoms with Crippen molar-refractivity contribution in [3.63, 3.8) is 0 Å². The Hall–Kier alpha value is -3.16. The molecule has 0 aliphatic rings. The number of benzene rings is 1. The van der Waals surface area contributed by atoms with E-state index in [0.717, 1.165) is 0 Å². The summed E-state index contributed by atoms with van der Waals surface area (Å²) in [6.45, 7) is 1.27. The molecule has 0 saturated carbocycles. The Morgan fingerprint density at radius 2 is 1.96 bits per heavy atom. The van der Waals surface area contributed by atoms with Crippen molar-refractivity contribution in [1.82, 2.24) is 0 Å². The molecule has 2 aromatic rings. The summed E-state index contributed by atoms with van der Waals surface area (Å²) in [5.74, 6) is -1.32. The average molecular weight is 319 g/mol. The van der Waals surface area contributed by atoms with Crippen molar-refractivity contribution in [1.29, 1.82) is 0 Å². The van der Waals surface area contributed by atoms with Crippen LogP contribution in [0.15, 0.2) is 34.7 Å². The summed E-state index contributed by atoms with van der Waals surface area (Å²) >= 11 is 0. The van der Waals surface area contributed by atoms with Crippen LogP contribution in [-0.4, -0.2) is 24.0 Å². The van der Waals surface area contributed by atoms with Gasteiger partial charge in [0.25, 0.3) is 5.69 Å². The van der Waals surface area contributed by atoms with Gasteiger partial charge in [0.1, 0.15) is 17.9 Å². The molecule has 1 aromatic heterocycles. The molecule has 23 heavy (non-hydrogen) atoms. The number of ether oxygens (including phenoxy) is 2. The van der Waals surface area contributed by atoms with E-state index in [2.05, 4.69) is 4.74 Å². The highest BCUT2D eigenvalue weighted by Crippen LogP contribution is 2.24. The lowest BCUT2D eigenvalue weighted by Crippen LogP contribution is -2.09. The number of hydrogen-bond acceptors (Lipinski definition) is 7. The van der Waals surface area contributed by atoms with Crippen molar-refractivity contribution in [2.45, 2.75) is 13.5 Å². The van der Waals surface area contributed by atoms with E-state index in [1.165, 1.54) is 44.4 Å². The number of rotatable bonds is 5. The fraction of sp³-hybridized carbons (Fsp3) is 0.200. The second-order valence-corrected chi connectivity index (χ2v) is 4.56. The van der Waals surface area contributed by atoms with Crippen molar-refractivity contribution in [2.24, 2.45) is 0 Å². The van der Waals surface area contributed by atoms with Crippen LogP contribution in [0.4, 0.5) is 5.69 Å². The van der Waals surface area contributed by atoms with Gasteiger partial charge in [0.2, 0.25) is 5.76 Å². The third-order valence-electron chi connectivity index (χ3n) is 3.03. The summed E-state index contributed by atoms with van der Waals surface area (Å²) in [5, 5.41) is 11.1. The molecule has 1 heterocycles. The molecule has 0 saturated heterocycles. The zero-order chi connectivity index (χ0) is 17.0. The first-order valence-corrected chi connectivity index (χ1v) is 6.52. The minimum Gasteiger partial charge on any atom is -0.463 e. The van der Waals surface area contributed by atoms with Crippen molar-refractivity contribution < 1.29 is 28.4 Å². The molecule has 0 atom stereocenters. The number of nitrogens with zero attached hydrogens (tertiary/aromatic N) is 1. The molecule has 0 unspecified atom stereocenters. The lowest BCUT2D eigenvalue weighted by Gasteiger charge is -2.05. The Balaban J connectivity index is 2.12. The van der Waals surface area contributed by atoms with E-state index in [4.69, 9.17) is 9.15 Å². The van der Waals surface area contributed by atoms with Crippen LogP contribution in [0.2, 0.25) is 0 Å². The van der Waals surface area contributed by atoms with Crippen LogP contribution in [0, 0.1) is 17.0 Å². The maximum Gasteiger partial charge on any atom is 0.373 e. The SMILES string of the molecule is COC(=O)c1ccc(COC(=O)c2cccc(C)c2[N+](=O)[O-])o1. The molecule has 0 radical (unpaired) electrons. The van der Waals surface area contributed by atoms with E-state index in [1.807, 2.05) is 0 Å². The molecule has 0 bridgehead atoms. The van der Waals surface area contributed by atoms with E-state index in [1.54, 1.807) is 0 Å². The molecule has 0 aliphatic carbocycles. The highest BCUT2D eigenvalue weighted by molar-refractivity contribution is 5.94. The monoisotopic (exact) mass is 319 g/mol. The number of carbonyl (C=O) groups is 2. The molecule has 0 spiro atoms. The number of esters is 2. The number of para-hydroxylation sites is 1. The molecule has 1 aromatic carbocycles. The third-order valence-corrected chi connectivity index (χ3v) is 3.03. The van der Waals surface area contributed by atoms with E-state index in [-0.39, 0.29) is 29.4 Å². The summed E-state index contributed by atoms with van der Waals surface area (Å²) < 4.78 is 14.6. The number of hydrogen-bond donors (Lipinski definition) is 0. The number of nitro benzene ring substituents is 1. The Morgan fingerprint density at radius 3 is 2.61 bits per heavy atom. The normalized spacial score (nSPS) is 10.2. The van der Waals surface area contributed by atoms with E-state index in [9.17, 15) is 19.7 Å². The van der Waals surface area contributed by atoms with Crippen LogP contribution in [-0.2, 0) is 16.1 Å². The first kappa shape index (κ1) is 16.2. The average Bonchev–Trinajstić information content (AvgIpc) is 3.00. The summed E-state index contributed by atoms with van der Waals surface area (Å²) in [6, 6.07) is 7.20. The summed E-state index contributed by atoms with van der Waals surface area (Å²) in [4.78, 5) is 33.7. The van der Waals surface area contributed by atoms with E-state index in [0.29, 0.717) is 5.56 Å². The number of methoxy groups -OCH3 is 1. The molecular weight excluding hydrogens is 306 g/mol. The van der Waals surface area contributed by atoms with Gasteiger partial charge in [-0.05, 0) is 25.1 Å². The minimum atomic E-state index is -0.851. The molecule has 0 aliphatic heterocycles. The lowest BCUT2D eigenvalue weighted by atomic mass is 10.1. The van der Waals surface area contributed by atoms with Crippen LogP contribution >= 0.6 is 0 Å². The number of nitro groups is 1. The smallest absolute Gasteiger partial charge is 0.373 e. The zero-order valence-electron chi connectivity index (χ0n) is 12.4. The number of aryl methyl sites for hydroxylation is 1. The Bertz CT molecular complexity index is 763. The van der Waals surface area contributed by atoms with Gasteiger partial charge in [0.15, 0.2) is 0 Å². The van der Waals surface area contributed by atoms with Crippen LogP contribution in [0.25, 0.3) is 0 Å². The minimum absolute atomic E-state index is 0.0277. The van der Waals surface area contributed by atoms with Crippen molar-refractivity contribution in [2.75, 3.05) is 7.11 Å². The second kappa shape index (κ2) is 6.73. The molecule has 0 amide bonds. The van der Waals surface area contributed by atoms with Crippen molar-refractivity contribution in [3.8, 4) is 0 Å². The topological polar surface area (TPSA) is 109 Å². The second-order valence-electron chi connectivity index (χ2n) is 4.56. The van der Waals surface area contributed by atoms with Crippen LogP contribution < -0.4 is 0 Å². The maximum absolute atomic E-state index is 12.0. The predicted molar refractivity (Wildman–Crippen MR) is 77.0 cm³/mol. The van der Waals surface area contributed by atoms with Crippen LogP contribution in [0.3, 0.4) is 0 Å². The zero-order valence-corrected chi connectivity index (χ0v) is 12.4. The standard InChI is InChI=1S/C15H13NO7/c1-9-4-3-5-11(13(9)16(19)20)14(17)22-8-10-6-7-12(23-10)15(18)21-2/h3-7H,8H2,1-2H3. The Kier molecular flexibility index (Phi) is 4.75. The quantitative estimate of drug-likeness (QED) is 0.473. The Labute approximate surface area is 130 Å². The fourth-order valence-electron chi connectivity index (χ4n) is 1.95. The van der Waals surface area contributed by atoms with Gasteiger partial charge in [0, 0.05) is 5.56 Å². The molecule has 8 heteroatoms. The van der Waals surface area contributed by atoms with E-state index >= 15 is 0 Å². The van der Waals surface area contributed by atoms with Gasteiger partial charge in [-0.25, -0.2) is 9.59 Å². The highest BCUT2D eigenvalue weighted by Gasteiger charge is 2.24. The summed E-state index contributed by atoms with van der Waals surface area (Å²) in [6.07, 6.45) is 0. The number of furan rings is 1. The third kappa shape index (κ3) is 3.54. The molecule has 2 rings (SSSR count). The lowest BCUT2D eigenvalue weighted by molar-refractivity contribution is -0.385. The first-order valence-electron chi connectivity index (χ1n) is 6.52. The number of carbonyl (C=O) groups excluding carboxylic acids is 2. The maximum atomic E-state index is 12.0. The molecule has 0 N–H and O–H groups in total. The summed E-state index contributed by atoms with van der Waals surface area (Å²) in [5.41, 5.74) is -0.0858. The van der Waals surface area contributed by atoms with Gasteiger partial charge in [0.05, 0.1) is 12.0 Å². The molecular formula is C15H13NO7. The first-order chi connectivity index (χ1) is 10.9. The van der Waals surface area contributed by atoms with Gasteiger partial charge >= 0.3 is 11.9 Å². The van der Waals surface area contributed by atoms with Gasteiger partial charge < -0.3 is 13.9 Å². The molecule has 8 nitrogen and oxygen atoms in total. The predicted octanol–water partition coefficient (Wildman–Crippen LogP) is 2.64. The van der Waals surface area contributed by atoms with E-state index < -0.39 is 16.9 Å². The van der Waals surface area contributed by atoms with Gasteiger partial charge in [-0.15, -0.1) is 0 Å². The Morgan fingerprint density at radius 1 is 1.22 bits per heavy atom. The van der Waals surface area contributed by atoms with Gasteiger partial charge in [-0.1, -0.05) is 12.1 Å². The molecule has 0 fully saturated rings. The van der Waals surface area contributed by atoms with Crippen LogP contribution in [0.1, 0.15) is 32.2 Å². The summed E-state index contributed by atoms with van der Waals surface area (Å²) in [7, 11) is 1.21. The van der Waals surface area contributed by atoms with Crippen molar-refractivity contribution in [3.05, 3.63) is 63.1 Å². The fourth-order valence-corrected chi connectivity index (χ4v) is 1.95. The van der Waals surface area contributed by atoms with Gasteiger partial charge in [-0.3, -0.25) is 10.1 Å². The molecule has 120 valence electrons. The van der Waals surface area contributed by atoms with Crippen LogP contribution in [0.5, 0.6) is 0 Å². The highest BCUT2D eigenvalue weighted by atomic mass is 16.6. The largest absolute Gasteiger partial charge is 0.463 e.